The second-order valence-electron chi connectivity index (χ2n) is 4.54. The van der Waals surface area contributed by atoms with Crippen LogP contribution in [0.1, 0.15) is 37.6 Å². The number of likely N-dealkylation sites (N-methyl/N-ethyl adjacent to an activating group) is 1. The third kappa shape index (κ3) is 7.34. The highest BCUT2D eigenvalue weighted by Gasteiger charge is 2.08. The van der Waals surface area contributed by atoms with E-state index < -0.39 is 0 Å². The lowest BCUT2D eigenvalue weighted by Crippen LogP contribution is -2.27. The summed E-state index contributed by atoms with van der Waals surface area (Å²) in [6.45, 7) is 10.1. The molecule has 5 heteroatoms. The Hall–Kier alpha value is -1.26. The van der Waals surface area contributed by atoms with E-state index in [0.717, 1.165) is 31.8 Å². The maximum atomic E-state index is 11.8. The topological polar surface area (TPSA) is 38.8 Å². The van der Waals surface area contributed by atoms with Gasteiger partial charge in [-0.25, -0.2) is 4.79 Å². The summed E-state index contributed by atoms with van der Waals surface area (Å²) in [6, 6.07) is 7.09. The Kier molecular flexibility index (Phi) is 10.7. The van der Waals surface area contributed by atoms with Crippen LogP contribution in [0.5, 0.6) is 5.75 Å². The molecule has 21 heavy (non-hydrogen) atoms. The van der Waals surface area contributed by atoms with Crippen LogP contribution in [0.15, 0.2) is 24.3 Å². The van der Waals surface area contributed by atoms with Crippen molar-refractivity contribution in [3.05, 3.63) is 29.8 Å². The largest absolute Gasteiger partial charge is 0.494 e. The fourth-order valence-electron chi connectivity index (χ4n) is 1.80. The lowest BCUT2D eigenvalue weighted by atomic mass is 10.2. The predicted octanol–water partition coefficient (Wildman–Crippen LogP) is 3.40. The Morgan fingerprint density at radius 1 is 1.05 bits per heavy atom. The summed E-state index contributed by atoms with van der Waals surface area (Å²) in [4.78, 5) is 14.1. The Morgan fingerprint density at radius 3 is 2.19 bits per heavy atom. The van der Waals surface area contributed by atoms with Gasteiger partial charge in [0.25, 0.3) is 0 Å². The van der Waals surface area contributed by atoms with Crippen LogP contribution in [0.4, 0.5) is 0 Å². The number of carbonyl (C=O) groups excluding carboxylic acids is 1. The summed E-state index contributed by atoms with van der Waals surface area (Å²) in [5, 5.41) is 0. The van der Waals surface area contributed by atoms with Crippen LogP contribution in [0.3, 0.4) is 0 Å². The molecule has 0 unspecified atom stereocenters. The normalized spacial score (nSPS) is 10.1. The molecule has 0 atom stereocenters. The van der Waals surface area contributed by atoms with Gasteiger partial charge in [0.1, 0.15) is 12.4 Å². The summed E-state index contributed by atoms with van der Waals surface area (Å²) in [7, 11) is 0. The molecule has 0 amide bonds. The van der Waals surface area contributed by atoms with Gasteiger partial charge in [0.2, 0.25) is 0 Å². The van der Waals surface area contributed by atoms with E-state index in [2.05, 4.69) is 25.7 Å². The van der Waals surface area contributed by atoms with Crippen molar-refractivity contribution in [1.82, 2.24) is 4.90 Å². The monoisotopic (exact) mass is 315 g/mol. The number of hydrogen-bond donors (Lipinski definition) is 0. The van der Waals surface area contributed by atoms with Crippen molar-refractivity contribution in [1.29, 1.82) is 0 Å². The van der Waals surface area contributed by atoms with Crippen molar-refractivity contribution in [2.75, 3.05) is 32.8 Å². The Morgan fingerprint density at radius 2 is 1.67 bits per heavy atom. The highest BCUT2D eigenvalue weighted by molar-refractivity contribution is 5.89. The highest BCUT2D eigenvalue weighted by atomic mass is 35.5. The van der Waals surface area contributed by atoms with Gasteiger partial charge in [-0.3, -0.25) is 0 Å². The molecule has 0 radical (unpaired) electrons. The summed E-state index contributed by atoms with van der Waals surface area (Å²) in [6.07, 6.45) is 0.967. The first-order chi connectivity index (χ1) is 9.71. The van der Waals surface area contributed by atoms with E-state index in [1.807, 2.05) is 0 Å². The molecule has 0 aromatic heterocycles. The minimum atomic E-state index is -0.279. The smallest absolute Gasteiger partial charge is 0.338 e. The zero-order valence-corrected chi connectivity index (χ0v) is 13.9. The van der Waals surface area contributed by atoms with Gasteiger partial charge in [0, 0.05) is 6.54 Å². The summed E-state index contributed by atoms with van der Waals surface area (Å²) >= 11 is 0. The van der Waals surface area contributed by atoms with Crippen molar-refractivity contribution in [2.45, 2.75) is 27.2 Å². The van der Waals surface area contributed by atoms with Gasteiger partial charge in [0.05, 0.1) is 12.2 Å². The van der Waals surface area contributed by atoms with E-state index >= 15 is 0 Å². The molecule has 0 aliphatic heterocycles. The average Bonchev–Trinajstić information content (AvgIpc) is 2.50. The first-order valence-corrected chi connectivity index (χ1v) is 7.33. The molecule has 0 saturated carbocycles. The van der Waals surface area contributed by atoms with Crippen LogP contribution in [0.2, 0.25) is 0 Å². The quantitative estimate of drug-likeness (QED) is 0.655. The second kappa shape index (κ2) is 11.4. The number of esters is 1. The van der Waals surface area contributed by atoms with Crippen LogP contribution in [-0.2, 0) is 4.74 Å². The number of carbonyl (C=O) groups is 1. The Balaban J connectivity index is 0.00000400. The zero-order chi connectivity index (χ0) is 14.8. The maximum Gasteiger partial charge on any atom is 0.338 e. The number of hydrogen-bond acceptors (Lipinski definition) is 4. The fraction of sp³-hybridized carbons (Fsp3) is 0.562. The van der Waals surface area contributed by atoms with Crippen LogP contribution in [0, 0.1) is 0 Å². The number of ether oxygens (including phenoxy) is 2. The van der Waals surface area contributed by atoms with E-state index in [4.69, 9.17) is 9.47 Å². The molecule has 0 bridgehead atoms. The van der Waals surface area contributed by atoms with E-state index in [9.17, 15) is 4.79 Å². The number of nitrogens with zero attached hydrogens (tertiary/aromatic N) is 1. The average molecular weight is 316 g/mol. The molecule has 4 nitrogen and oxygen atoms in total. The summed E-state index contributed by atoms with van der Waals surface area (Å²) in [5.74, 6) is 0.505. The van der Waals surface area contributed by atoms with E-state index in [1.54, 1.807) is 24.3 Å². The van der Waals surface area contributed by atoms with Crippen LogP contribution >= 0.6 is 12.4 Å². The standard InChI is InChI=1S/C16H25NO3.ClH/c1-4-12-19-15-9-7-14(8-10-15)16(18)20-13-11-17(5-2)6-3;/h7-10H,4-6,11-13H2,1-3H3;1H. The highest BCUT2D eigenvalue weighted by Crippen LogP contribution is 2.13. The molecule has 0 aliphatic carbocycles. The van der Waals surface area contributed by atoms with Crippen molar-refractivity contribution < 1.29 is 14.3 Å². The van der Waals surface area contributed by atoms with E-state index in [1.165, 1.54) is 0 Å². The summed E-state index contributed by atoms with van der Waals surface area (Å²) < 4.78 is 10.7. The second-order valence-corrected chi connectivity index (χ2v) is 4.54. The first-order valence-electron chi connectivity index (χ1n) is 7.33. The van der Waals surface area contributed by atoms with Gasteiger partial charge in [-0.1, -0.05) is 20.8 Å². The fourth-order valence-corrected chi connectivity index (χ4v) is 1.80. The minimum Gasteiger partial charge on any atom is -0.494 e. The van der Waals surface area contributed by atoms with Crippen molar-refractivity contribution in [3.63, 3.8) is 0 Å². The van der Waals surface area contributed by atoms with Crippen molar-refractivity contribution in [3.8, 4) is 5.75 Å². The van der Waals surface area contributed by atoms with Gasteiger partial charge >= 0.3 is 5.97 Å². The Bertz CT molecular complexity index is 391. The van der Waals surface area contributed by atoms with Gasteiger partial charge in [0.15, 0.2) is 0 Å². The number of rotatable bonds is 9. The molecule has 0 fully saturated rings. The predicted molar refractivity (Wildman–Crippen MR) is 87.5 cm³/mol. The van der Waals surface area contributed by atoms with Crippen LogP contribution < -0.4 is 4.74 Å². The molecule has 1 rings (SSSR count). The molecular formula is C16H26ClNO3. The third-order valence-electron chi connectivity index (χ3n) is 3.10. The minimum absolute atomic E-state index is 0. The first kappa shape index (κ1) is 19.7. The van der Waals surface area contributed by atoms with Gasteiger partial charge in [-0.05, 0) is 43.8 Å². The number of benzene rings is 1. The lowest BCUT2D eigenvalue weighted by Gasteiger charge is -2.17. The molecule has 0 aliphatic rings. The van der Waals surface area contributed by atoms with Gasteiger partial charge < -0.3 is 14.4 Å². The summed E-state index contributed by atoms with van der Waals surface area (Å²) in [5.41, 5.74) is 0.563. The SMILES string of the molecule is CCCOc1ccc(C(=O)OCCN(CC)CC)cc1.Cl. The van der Waals surface area contributed by atoms with Crippen LogP contribution in [-0.4, -0.2) is 43.7 Å². The van der Waals surface area contributed by atoms with Crippen molar-refractivity contribution in [2.24, 2.45) is 0 Å². The van der Waals surface area contributed by atoms with Crippen molar-refractivity contribution >= 4 is 18.4 Å². The molecule has 1 aromatic carbocycles. The zero-order valence-electron chi connectivity index (χ0n) is 13.1. The van der Waals surface area contributed by atoms with E-state index in [-0.39, 0.29) is 18.4 Å². The molecular weight excluding hydrogens is 290 g/mol. The van der Waals surface area contributed by atoms with E-state index in [0.29, 0.717) is 18.8 Å². The lowest BCUT2D eigenvalue weighted by molar-refractivity contribution is 0.0466. The van der Waals surface area contributed by atoms with Crippen LogP contribution in [0.25, 0.3) is 0 Å². The molecule has 0 saturated heterocycles. The van der Waals surface area contributed by atoms with Gasteiger partial charge in [-0.15, -0.1) is 12.4 Å². The van der Waals surface area contributed by atoms with Gasteiger partial charge in [-0.2, -0.15) is 0 Å². The Labute approximate surface area is 133 Å². The third-order valence-corrected chi connectivity index (χ3v) is 3.10. The molecule has 0 spiro atoms. The number of halogens is 1. The molecule has 120 valence electrons. The molecule has 0 N–H and O–H groups in total. The molecule has 0 heterocycles. The maximum absolute atomic E-state index is 11.8. The molecule has 1 aromatic rings.